The summed E-state index contributed by atoms with van der Waals surface area (Å²) in [6, 6.07) is 9.45. The number of nitrogens with one attached hydrogen (secondary N) is 2. The number of aromatic nitrogens is 6. The number of amides is 1. The lowest BCUT2D eigenvalue weighted by Crippen LogP contribution is -2.32. The molecule has 1 aromatic carbocycles. The zero-order valence-corrected chi connectivity index (χ0v) is 23.4. The number of carbonyl (C=O) groups is 2. The Kier molecular flexibility index (Phi) is 8.52. The number of rotatable bonds is 13. The number of aromatic amines is 1. The number of aryl methyl sites for hydroxylation is 2. The van der Waals surface area contributed by atoms with Crippen LogP contribution in [0, 0.1) is 13.8 Å². The summed E-state index contributed by atoms with van der Waals surface area (Å²) in [5, 5.41) is 8.42. The van der Waals surface area contributed by atoms with Crippen molar-refractivity contribution < 1.29 is 18.7 Å². The van der Waals surface area contributed by atoms with Crippen LogP contribution in [0.15, 0.2) is 59.6 Å². The minimum atomic E-state index is -0.355. The van der Waals surface area contributed by atoms with Gasteiger partial charge in [-0.25, -0.2) is 9.97 Å². The van der Waals surface area contributed by atoms with Gasteiger partial charge in [-0.2, -0.15) is 5.10 Å². The number of oxazole rings is 1. The standard InChI is InChI=1S/C30H33N7O4/c1-19-9-10-21-15-22(27(40-3)16-24(21)33-19)25-17-32-29(35-25)23(34-28(39)18-37-13-11-20(2)36-37)7-5-4-6-8-26(38)30-31-12-14-41-30/h9-17,23H,4-8,18H2,1-3H3,(H,32,35)(H,34,39)/t23-/m0/s1. The number of imidazole rings is 1. The average molecular weight is 556 g/mol. The molecule has 0 saturated carbocycles. The summed E-state index contributed by atoms with van der Waals surface area (Å²) >= 11 is 0. The lowest BCUT2D eigenvalue weighted by Gasteiger charge is -2.17. The summed E-state index contributed by atoms with van der Waals surface area (Å²) in [4.78, 5) is 41.7. The number of H-pyrrole nitrogens is 1. The topological polar surface area (TPSA) is 141 Å². The van der Waals surface area contributed by atoms with Gasteiger partial charge in [-0.3, -0.25) is 19.3 Å². The van der Waals surface area contributed by atoms with Crippen LogP contribution >= 0.6 is 0 Å². The van der Waals surface area contributed by atoms with E-state index in [1.165, 1.54) is 12.5 Å². The highest BCUT2D eigenvalue weighted by atomic mass is 16.5. The highest BCUT2D eigenvalue weighted by molar-refractivity contribution is 5.91. The van der Waals surface area contributed by atoms with Crippen LogP contribution < -0.4 is 10.1 Å². The number of fused-ring (bicyclic) bond motifs is 1. The molecule has 5 rings (SSSR count). The Morgan fingerprint density at radius 3 is 2.73 bits per heavy atom. The van der Waals surface area contributed by atoms with Gasteiger partial charge >= 0.3 is 0 Å². The number of Topliss-reactive ketones (excluding diaryl/α,β-unsaturated/α-hetero) is 1. The summed E-state index contributed by atoms with van der Waals surface area (Å²) in [5.74, 6) is 1.18. The van der Waals surface area contributed by atoms with Gasteiger partial charge in [-0.15, -0.1) is 0 Å². The Balaban J connectivity index is 1.31. The number of ketones is 1. The van der Waals surface area contributed by atoms with Crippen molar-refractivity contribution in [1.29, 1.82) is 0 Å². The monoisotopic (exact) mass is 555 g/mol. The maximum atomic E-state index is 13.0. The molecule has 4 heterocycles. The molecule has 5 aromatic rings. The van der Waals surface area contributed by atoms with E-state index in [1.54, 1.807) is 24.2 Å². The SMILES string of the molecule is COc1cc2nc(C)ccc2cc1-c1cnc([C@H](CCCCCC(=O)c2ncco2)NC(=O)Cn2ccc(C)n2)[nH]1. The van der Waals surface area contributed by atoms with Gasteiger partial charge in [0.15, 0.2) is 0 Å². The lowest BCUT2D eigenvalue weighted by atomic mass is 10.0. The number of nitrogens with zero attached hydrogens (tertiary/aromatic N) is 5. The molecule has 1 atom stereocenters. The molecule has 11 nitrogen and oxygen atoms in total. The van der Waals surface area contributed by atoms with Crippen LogP contribution in [0.3, 0.4) is 0 Å². The van der Waals surface area contributed by atoms with E-state index in [4.69, 9.17) is 9.15 Å². The fraction of sp³-hybridized carbons (Fsp3) is 0.333. The molecule has 0 aliphatic carbocycles. The van der Waals surface area contributed by atoms with E-state index in [0.717, 1.165) is 46.4 Å². The molecular formula is C30H33N7O4. The maximum absolute atomic E-state index is 13.0. The molecule has 0 bridgehead atoms. The predicted octanol–water partition coefficient (Wildman–Crippen LogP) is 5.13. The maximum Gasteiger partial charge on any atom is 0.263 e. The van der Waals surface area contributed by atoms with Crippen LogP contribution in [-0.2, 0) is 11.3 Å². The highest BCUT2D eigenvalue weighted by Crippen LogP contribution is 2.33. The van der Waals surface area contributed by atoms with Crippen molar-refractivity contribution in [2.75, 3.05) is 7.11 Å². The van der Waals surface area contributed by atoms with Crippen LogP contribution in [0.1, 0.15) is 66.0 Å². The van der Waals surface area contributed by atoms with Crippen molar-refractivity contribution in [3.8, 4) is 17.0 Å². The van der Waals surface area contributed by atoms with Crippen molar-refractivity contribution in [1.82, 2.24) is 35.0 Å². The van der Waals surface area contributed by atoms with E-state index >= 15 is 0 Å². The number of hydrogen-bond acceptors (Lipinski definition) is 8. The molecule has 0 spiro atoms. The van der Waals surface area contributed by atoms with Crippen LogP contribution in [0.25, 0.3) is 22.2 Å². The van der Waals surface area contributed by atoms with Gasteiger partial charge in [0.1, 0.15) is 24.4 Å². The molecule has 0 aliphatic rings. The largest absolute Gasteiger partial charge is 0.496 e. The molecule has 4 aromatic heterocycles. The van der Waals surface area contributed by atoms with Crippen molar-refractivity contribution in [3.05, 3.63) is 78.3 Å². The molecule has 2 N–H and O–H groups in total. The number of unbranched alkanes of at least 4 members (excludes halogenated alkanes) is 2. The lowest BCUT2D eigenvalue weighted by molar-refractivity contribution is -0.122. The Morgan fingerprint density at radius 1 is 1.10 bits per heavy atom. The molecule has 212 valence electrons. The second kappa shape index (κ2) is 12.6. The van der Waals surface area contributed by atoms with Crippen LogP contribution in [0.4, 0.5) is 0 Å². The molecule has 41 heavy (non-hydrogen) atoms. The second-order valence-corrected chi connectivity index (χ2v) is 10.0. The fourth-order valence-corrected chi connectivity index (χ4v) is 4.78. The zero-order valence-electron chi connectivity index (χ0n) is 23.4. The summed E-state index contributed by atoms with van der Waals surface area (Å²) in [6.45, 7) is 3.94. The van der Waals surface area contributed by atoms with E-state index in [9.17, 15) is 9.59 Å². The average Bonchev–Trinajstić information content (AvgIpc) is 3.74. The first-order valence-corrected chi connectivity index (χ1v) is 13.6. The van der Waals surface area contributed by atoms with Gasteiger partial charge in [0, 0.05) is 35.3 Å². The molecule has 0 aliphatic heterocycles. The minimum Gasteiger partial charge on any atom is -0.496 e. The molecule has 0 unspecified atom stereocenters. The van der Waals surface area contributed by atoms with E-state index < -0.39 is 0 Å². The van der Waals surface area contributed by atoms with Crippen molar-refractivity contribution in [2.45, 2.75) is 58.5 Å². The number of pyridine rings is 1. The van der Waals surface area contributed by atoms with Crippen LogP contribution in [-0.4, -0.2) is 48.5 Å². The number of ether oxygens (including phenoxy) is 1. The quantitative estimate of drug-likeness (QED) is 0.151. The van der Waals surface area contributed by atoms with Gasteiger partial charge in [-0.05, 0) is 44.9 Å². The number of methoxy groups -OCH3 is 1. The van der Waals surface area contributed by atoms with Gasteiger partial charge in [-0.1, -0.05) is 18.9 Å². The summed E-state index contributed by atoms with van der Waals surface area (Å²) in [5.41, 5.74) is 4.26. The van der Waals surface area contributed by atoms with E-state index in [-0.39, 0.29) is 30.2 Å². The first-order valence-electron chi connectivity index (χ1n) is 13.6. The molecule has 0 fully saturated rings. The Bertz CT molecular complexity index is 1640. The van der Waals surface area contributed by atoms with E-state index in [1.807, 2.05) is 44.2 Å². The van der Waals surface area contributed by atoms with Crippen molar-refractivity contribution >= 4 is 22.6 Å². The third kappa shape index (κ3) is 6.86. The number of carbonyl (C=O) groups excluding carboxylic acids is 2. The molecule has 11 heteroatoms. The van der Waals surface area contributed by atoms with E-state index in [2.05, 4.69) is 30.4 Å². The number of benzene rings is 1. The van der Waals surface area contributed by atoms with Crippen molar-refractivity contribution in [3.63, 3.8) is 0 Å². The number of hydrogen-bond donors (Lipinski definition) is 2. The zero-order chi connectivity index (χ0) is 28.8. The Hall–Kier alpha value is -4.80. The Morgan fingerprint density at radius 2 is 1.98 bits per heavy atom. The minimum absolute atomic E-state index is 0.105. The molecule has 0 radical (unpaired) electrons. The smallest absolute Gasteiger partial charge is 0.263 e. The summed E-state index contributed by atoms with van der Waals surface area (Å²) in [6.07, 6.45) is 9.68. The van der Waals surface area contributed by atoms with Crippen LogP contribution in [0.2, 0.25) is 0 Å². The third-order valence-electron chi connectivity index (χ3n) is 6.85. The van der Waals surface area contributed by atoms with Gasteiger partial charge in [0.2, 0.25) is 11.7 Å². The Labute approximate surface area is 237 Å². The first-order chi connectivity index (χ1) is 19.9. The second-order valence-electron chi connectivity index (χ2n) is 10.0. The van der Waals surface area contributed by atoms with E-state index in [0.29, 0.717) is 30.8 Å². The third-order valence-corrected chi connectivity index (χ3v) is 6.85. The summed E-state index contributed by atoms with van der Waals surface area (Å²) in [7, 11) is 1.63. The highest BCUT2D eigenvalue weighted by Gasteiger charge is 2.20. The van der Waals surface area contributed by atoms with Crippen molar-refractivity contribution in [2.24, 2.45) is 0 Å². The van der Waals surface area contributed by atoms with Crippen LogP contribution in [0.5, 0.6) is 5.75 Å². The summed E-state index contributed by atoms with van der Waals surface area (Å²) < 4.78 is 12.4. The van der Waals surface area contributed by atoms with Gasteiger partial charge in [0.05, 0.1) is 42.4 Å². The molecular weight excluding hydrogens is 522 g/mol. The first kappa shape index (κ1) is 27.8. The fourth-order valence-electron chi connectivity index (χ4n) is 4.78. The van der Waals surface area contributed by atoms with Gasteiger partial charge < -0.3 is 19.5 Å². The predicted molar refractivity (Wildman–Crippen MR) is 152 cm³/mol. The molecule has 1 amide bonds. The van der Waals surface area contributed by atoms with Gasteiger partial charge in [0.25, 0.3) is 5.89 Å². The normalized spacial score (nSPS) is 12.0. The molecule has 0 saturated heterocycles.